The number of nitrogens with zero attached hydrogens (tertiary/aromatic N) is 2. The predicted octanol–water partition coefficient (Wildman–Crippen LogP) is 0.971. The lowest BCUT2D eigenvalue weighted by Crippen LogP contribution is -2.57. The highest BCUT2D eigenvalue weighted by atomic mass is 127. The normalized spacial score (nSPS) is 22.3. The summed E-state index contributed by atoms with van der Waals surface area (Å²) >= 11 is 1.58. The molecule has 2 N–H and O–H groups in total. The zero-order chi connectivity index (χ0) is 17.1. The Labute approximate surface area is 148 Å². The van der Waals surface area contributed by atoms with Gasteiger partial charge in [-0.1, -0.05) is 6.08 Å². The molecule has 1 heterocycles. The Morgan fingerprint density at radius 1 is 1.50 bits per heavy atom. The van der Waals surface area contributed by atoms with E-state index in [1.54, 1.807) is 32.8 Å². The van der Waals surface area contributed by atoms with Crippen LogP contribution in [0.15, 0.2) is 11.6 Å². The summed E-state index contributed by atoms with van der Waals surface area (Å²) < 4.78 is 11.0. The smallest absolute Gasteiger partial charge is 0.444 e. The lowest BCUT2D eigenvalue weighted by Gasteiger charge is -2.40. The molecule has 0 fully saturated rings. The third-order valence-corrected chi connectivity index (χ3v) is 4.54. The Kier molecular flexibility index (Phi) is 7.14. The Balaban J connectivity index is 3.03. The van der Waals surface area contributed by atoms with Crippen LogP contribution < -0.4 is 5.73 Å². The predicted molar refractivity (Wildman–Crippen MR) is 93.5 cm³/mol. The maximum absolute atomic E-state index is 12.4. The third kappa shape index (κ3) is 5.38. The molecule has 0 radical (unpaired) electrons. The number of carbonyl (C=O) groups excluding carboxylic acids is 2. The number of primary amides is 1. The standard InChI is InChI=1S/C13H22N3O4.Al.HI.H/c1-8-6-9(15(5)19)7-16(10(8)11(14)17)12(18)20-13(2,3)4;;;/h6,9-10H,7H2,1-5H3,(H2,14,17);;1H;/q-1;+2;;/p-1/t9-,10+;;;/m1.../s1. The van der Waals surface area contributed by atoms with Crippen LogP contribution in [-0.4, -0.2) is 65.5 Å². The van der Waals surface area contributed by atoms with Gasteiger partial charge in [-0.05, 0) is 33.3 Å². The highest BCUT2D eigenvalue weighted by Gasteiger charge is 2.38. The maximum atomic E-state index is 12.4. The molecule has 0 saturated carbocycles. The quantitative estimate of drug-likeness (QED) is 0.306. The third-order valence-electron chi connectivity index (χ3n) is 3.20. The Hall–Kier alpha value is -0.338. The first-order valence-corrected chi connectivity index (χ1v) is 12.6. The van der Waals surface area contributed by atoms with Crippen molar-refractivity contribution in [3.05, 3.63) is 11.6 Å². The van der Waals surface area contributed by atoms with Gasteiger partial charge in [-0.15, -0.1) is 0 Å². The Morgan fingerprint density at radius 2 is 2.09 bits per heavy atom. The Morgan fingerprint density at radius 3 is 2.55 bits per heavy atom. The molecule has 0 aromatic carbocycles. The molecule has 1 rings (SSSR count). The van der Waals surface area contributed by atoms with Gasteiger partial charge in [0.1, 0.15) is 11.6 Å². The van der Waals surface area contributed by atoms with Crippen LogP contribution in [0.5, 0.6) is 0 Å². The summed E-state index contributed by atoms with van der Waals surface area (Å²) in [5.74, 6) is -0.565. The van der Waals surface area contributed by atoms with Crippen molar-refractivity contribution in [2.75, 3.05) is 13.6 Å². The van der Waals surface area contributed by atoms with Crippen molar-refractivity contribution < 1.29 is 18.2 Å². The lowest BCUT2D eigenvalue weighted by atomic mass is 9.98. The number of nitrogens with two attached hydrogens (primary N) is 1. The summed E-state index contributed by atoms with van der Waals surface area (Å²) in [6.07, 6.45) is 1.37. The van der Waals surface area contributed by atoms with Crippen molar-refractivity contribution in [2.45, 2.75) is 45.4 Å². The number of hydrogen-bond donors (Lipinski definition) is 1. The number of likely N-dealkylation sites (N-methyl/N-ethyl adjacent to an activating group) is 1. The molecule has 0 unspecified atom stereocenters. The van der Waals surface area contributed by atoms with Crippen LogP contribution in [-0.2, 0) is 13.4 Å². The van der Waals surface area contributed by atoms with Crippen LogP contribution in [0.2, 0.25) is 0 Å². The minimum atomic E-state index is -0.781. The number of rotatable bonds is 4. The molecule has 0 spiro atoms. The fraction of sp³-hybridized carbons (Fsp3) is 0.692. The van der Waals surface area contributed by atoms with Crippen molar-refractivity contribution in [3.63, 3.8) is 0 Å². The molecule has 2 atom stereocenters. The van der Waals surface area contributed by atoms with E-state index < -0.39 is 35.9 Å². The molecule has 0 saturated heterocycles. The van der Waals surface area contributed by atoms with Crippen molar-refractivity contribution in [1.29, 1.82) is 0 Å². The second kappa shape index (κ2) is 7.97. The SMILES string of the molecule is CC1=C[C@@H](N(C)[O][AlH][I])CN(C(=O)OC(C)(C)C)[C@@H]1C(N)=O. The molecular formula is C13H23AlIN3O4. The van der Waals surface area contributed by atoms with Crippen LogP contribution in [0.3, 0.4) is 0 Å². The van der Waals surface area contributed by atoms with Gasteiger partial charge in [-0.2, -0.15) is 20.3 Å². The fourth-order valence-corrected chi connectivity index (χ4v) is 3.93. The average molecular weight is 439 g/mol. The van der Waals surface area contributed by atoms with Gasteiger partial charge in [0.25, 0.3) is 0 Å². The van der Waals surface area contributed by atoms with Crippen molar-refractivity contribution in [3.8, 4) is 0 Å². The van der Waals surface area contributed by atoms with Gasteiger partial charge in [0.15, 0.2) is 0 Å². The molecule has 1 aliphatic heterocycles. The van der Waals surface area contributed by atoms with E-state index in [9.17, 15) is 9.59 Å². The monoisotopic (exact) mass is 439 g/mol. The number of hydroxylamine groups is 2. The van der Waals surface area contributed by atoms with E-state index in [1.165, 1.54) is 4.90 Å². The molecule has 9 heteroatoms. The highest BCUT2D eigenvalue weighted by molar-refractivity contribution is 14.1. The van der Waals surface area contributed by atoms with Crippen LogP contribution >= 0.6 is 20.3 Å². The van der Waals surface area contributed by atoms with E-state index in [1.807, 2.05) is 13.1 Å². The summed E-state index contributed by atoms with van der Waals surface area (Å²) in [5, 5.41) is 1.72. The average Bonchev–Trinajstić information content (AvgIpc) is 2.35. The van der Waals surface area contributed by atoms with Crippen LogP contribution in [0, 0.1) is 0 Å². The van der Waals surface area contributed by atoms with Crippen LogP contribution in [0.1, 0.15) is 27.7 Å². The van der Waals surface area contributed by atoms with Gasteiger partial charge in [-0.25, -0.2) is 9.86 Å². The maximum Gasteiger partial charge on any atom is 0.547 e. The van der Waals surface area contributed by atoms with E-state index in [0.29, 0.717) is 6.54 Å². The summed E-state index contributed by atoms with van der Waals surface area (Å²) in [5.41, 5.74) is 5.55. The minimum absolute atomic E-state index is 0.134. The van der Waals surface area contributed by atoms with Gasteiger partial charge in [0.2, 0.25) is 5.91 Å². The largest absolute Gasteiger partial charge is 0.547 e. The number of amides is 2. The Bertz CT molecular complexity index is 467. The number of carbonyl (C=O) groups is 2. The van der Waals surface area contributed by atoms with Crippen molar-refractivity contribution in [1.82, 2.24) is 9.96 Å². The van der Waals surface area contributed by atoms with Gasteiger partial charge < -0.3 is 14.4 Å². The van der Waals surface area contributed by atoms with Gasteiger partial charge in [-0.3, -0.25) is 9.69 Å². The molecule has 0 aromatic rings. The molecule has 22 heavy (non-hydrogen) atoms. The molecule has 0 aliphatic carbocycles. The zero-order valence-corrected chi connectivity index (χ0v) is 17.2. The minimum Gasteiger partial charge on any atom is -0.444 e. The summed E-state index contributed by atoms with van der Waals surface area (Å²) in [6.45, 7) is 7.43. The second-order valence-electron chi connectivity index (χ2n) is 6.20. The van der Waals surface area contributed by atoms with Crippen molar-refractivity contribution in [2.24, 2.45) is 5.73 Å². The molecule has 7 nitrogen and oxygen atoms in total. The van der Waals surface area contributed by atoms with E-state index in [-0.39, 0.29) is 6.04 Å². The molecule has 0 bridgehead atoms. The number of halogens is 1. The summed E-state index contributed by atoms with van der Waals surface area (Å²) in [4.78, 5) is 25.5. The van der Waals surface area contributed by atoms with Crippen LogP contribution in [0.25, 0.3) is 0 Å². The topological polar surface area (TPSA) is 85.1 Å². The van der Waals surface area contributed by atoms with E-state index in [0.717, 1.165) is 5.57 Å². The van der Waals surface area contributed by atoms with Crippen LogP contribution in [0.4, 0.5) is 4.79 Å². The highest BCUT2D eigenvalue weighted by Crippen LogP contribution is 2.23. The fourth-order valence-electron chi connectivity index (χ4n) is 2.27. The molecule has 124 valence electrons. The first-order valence-electron chi connectivity index (χ1n) is 6.95. The zero-order valence-electron chi connectivity index (χ0n) is 13.6. The van der Waals surface area contributed by atoms with Gasteiger partial charge in [0.05, 0.1) is 6.04 Å². The van der Waals surface area contributed by atoms with E-state index in [4.69, 9.17) is 14.4 Å². The number of ether oxygens (including phenoxy) is 1. The molecule has 1 aliphatic rings. The second-order valence-corrected chi connectivity index (χ2v) is 8.54. The summed E-state index contributed by atoms with van der Waals surface area (Å²) in [6, 6.07) is -0.915. The van der Waals surface area contributed by atoms with E-state index >= 15 is 0 Å². The lowest BCUT2D eigenvalue weighted by molar-refractivity contribution is -0.123. The summed E-state index contributed by atoms with van der Waals surface area (Å²) in [7, 11) is 1.82. The van der Waals surface area contributed by atoms with Gasteiger partial charge in [0, 0.05) is 13.6 Å². The first kappa shape index (κ1) is 19.7. The molecule has 0 aromatic heterocycles. The van der Waals surface area contributed by atoms with E-state index in [2.05, 4.69) is 20.3 Å². The molecular weight excluding hydrogens is 416 g/mol. The number of hydrogen-bond acceptors (Lipinski definition) is 5. The molecule has 2 amide bonds. The van der Waals surface area contributed by atoms with Gasteiger partial charge >= 0.3 is 18.4 Å². The first-order chi connectivity index (χ1) is 10.1. The van der Waals surface area contributed by atoms with Crippen molar-refractivity contribution >= 4 is 44.5 Å².